The third-order valence-electron chi connectivity index (χ3n) is 3.25. The maximum atomic E-state index is 6.14. The largest absolute Gasteiger partial charge is 0.369 e. The van der Waals surface area contributed by atoms with Gasteiger partial charge in [-0.1, -0.05) is 52.4 Å². The lowest BCUT2D eigenvalue weighted by molar-refractivity contribution is -0.000622. The van der Waals surface area contributed by atoms with Crippen LogP contribution in [0.5, 0.6) is 0 Å². The van der Waals surface area contributed by atoms with E-state index in [2.05, 4.69) is 60.7 Å². The van der Waals surface area contributed by atoms with Crippen LogP contribution in [-0.2, 0) is 4.74 Å². The molecule has 1 aromatic carbocycles. The molecule has 0 spiro atoms. The standard InChI is InChI=1S/C14H19IO/c1-10-3-5-13(6-4-10)14(9-15)16-11(2)12-7-8-12/h3-6,11-12,14H,7-9H2,1-2H3. The number of halogens is 1. The summed E-state index contributed by atoms with van der Waals surface area (Å²) in [5.41, 5.74) is 2.62. The quantitative estimate of drug-likeness (QED) is 0.578. The first kappa shape index (κ1) is 12.4. The number of ether oxygens (including phenoxy) is 1. The molecule has 0 bridgehead atoms. The zero-order chi connectivity index (χ0) is 11.5. The normalized spacial score (nSPS) is 19.4. The van der Waals surface area contributed by atoms with E-state index < -0.39 is 0 Å². The predicted molar refractivity (Wildman–Crippen MR) is 76.1 cm³/mol. The van der Waals surface area contributed by atoms with Gasteiger partial charge in [0.15, 0.2) is 0 Å². The molecule has 1 nitrogen and oxygen atoms in total. The van der Waals surface area contributed by atoms with Crippen molar-refractivity contribution in [2.75, 3.05) is 4.43 Å². The number of benzene rings is 1. The molecule has 16 heavy (non-hydrogen) atoms. The second kappa shape index (κ2) is 5.50. The Bertz CT molecular complexity index is 329. The molecule has 0 saturated heterocycles. The fraction of sp³-hybridized carbons (Fsp3) is 0.571. The van der Waals surface area contributed by atoms with E-state index in [0.717, 1.165) is 10.3 Å². The van der Waals surface area contributed by atoms with Gasteiger partial charge in [-0.25, -0.2) is 0 Å². The van der Waals surface area contributed by atoms with Crippen molar-refractivity contribution < 1.29 is 4.74 Å². The highest BCUT2D eigenvalue weighted by Gasteiger charge is 2.30. The van der Waals surface area contributed by atoms with E-state index >= 15 is 0 Å². The van der Waals surface area contributed by atoms with E-state index in [1.807, 2.05) is 0 Å². The van der Waals surface area contributed by atoms with Crippen molar-refractivity contribution in [2.24, 2.45) is 5.92 Å². The summed E-state index contributed by atoms with van der Waals surface area (Å²) in [5, 5.41) is 0. The molecular formula is C14H19IO. The highest BCUT2D eigenvalue weighted by molar-refractivity contribution is 14.1. The molecule has 0 aromatic heterocycles. The summed E-state index contributed by atoms with van der Waals surface area (Å²) in [4.78, 5) is 0. The van der Waals surface area contributed by atoms with E-state index in [1.54, 1.807) is 0 Å². The van der Waals surface area contributed by atoms with Crippen LogP contribution in [0.4, 0.5) is 0 Å². The van der Waals surface area contributed by atoms with Crippen LogP contribution in [0.2, 0.25) is 0 Å². The Hall–Kier alpha value is -0.0900. The Balaban J connectivity index is 2.00. The maximum Gasteiger partial charge on any atom is 0.0918 e. The first-order valence-corrected chi connectivity index (χ1v) is 7.51. The van der Waals surface area contributed by atoms with E-state index in [1.165, 1.54) is 24.0 Å². The van der Waals surface area contributed by atoms with Gasteiger partial charge in [0, 0.05) is 4.43 Å². The molecule has 88 valence electrons. The molecule has 1 aromatic rings. The molecule has 2 heteroatoms. The molecule has 0 radical (unpaired) electrons. The molecule has 1 aliphatic rings. The fourth-order valence-corrected chi connectivity index (χ4v) is 2.64. The van der Waals surface area contributed by atoms with Crippen LogP contribution in [0.25, 0.3) is 0 Å². The minimum absolute atomic E-state index is 0.261. The Morgan fingerprint density at radius 2 is 1.94 bits per heavy atom. The highest BCUT2D eigenvalue weighted by atomic mass is 127. The monoisotopic (exact) mass is 330 g/mol. The van der Waals surface area contributed by atoms with Crippen molar-refractivity contribution in [1.29, 1.82) is 0 Å². The van der Waals surface area contributed by atoms with Crippen molar-refractivity contribution in [3.05, 3.63) is 35.4 Å². The van der Waals surface area contributed by atoms with Crippen molar-refractivity contribution in [3.8, 4) is 0 Å². The lowest BCUT2D eigenvalue weighted by Gasteiger charge is -2.21. The first-order chi connectivity index (χ1) is 7.70. The van der Waals surface area contributed by atoms with Crippen LogP contribution in [0.1, 0.15) is 37.0 Å². The molecule has 2 unspecified atom stereocenters. The van der Waals surface area contributed by atoms with Gasteiger partial charge in [-0.05, 0) is 38.2 Å². The SMILES string of the molecule is Cc1ccc(C(CI)OC(C)C2CC2)cc1. The average molecular weight is 330 g/mol. The van der Waals surface area contributed by atoms with Crippen LogP contribution in [0.3, 0.4) is 0 Å². The van der Waals surface area contributed by atoms with Gasteiger partial charge in [0.25, 0.3) is 0 Å². The van der Waals surface area contributed by atoms with E-state index in [9.17, 15) is 0 Å². The number of hydrogen-bond acceptors (Lipinski definition) is 1. The lowest BCUT2D eigenvalue weighted by Crippen LogP contribution is -2.16. The Labute approximate surface area is 112 Å². The lowest BCUT2D eigenvalue weighted by atomic mass is 10.1. The minimum Gasteiger partial charge on any atom is -0.369 e. The summed E-state index contributed by atoms with van der Waals surface area (Å²) in [6.45, 7) is 4.33. The van der Waals surface area contributed by atoms with Crippen LogP contribution in [0, 0.1) is 12.8 Å². The summed E-state index contributed by atoms with van der Waals surface area (Å²) in [5.74, 6) is 0.816. The summed E-state index contributed by atoms with van der Waals surface area (Å²) in [7, 11) is 0. The zero-order valence-corrected chi connectivity index (χ0v) is 12.1. The van der Waals surface area contributed by atoms with Crippen molar-refractivity contribution in [2.45, 2.75) is 38.9 Å². The number of alkyl halides is 1. The summed E-state index contributed by atoms with van der Waals surface area (Å²) < 4.78 is 7.17. The third kappa shape index (κ3) is 3.20. The molecular weight excluding hydrogens is 311 g/mol. The number of rotatable bonds is 5. The van der Waals surface area contributed by atoms with Gasteiger partial charge in [0.05, 0.1) is 12.2 Å². The van der Waals surface area contributed by atoms with Crippen LogP contribution >= 0.6 is 22.6 Å². The van der Waals surface area contributed by atoms with Gasteiger partial charge in [0.2, 0.25) is 0 Å². The molecule has 2 atom stereocenters. The number of aryl methyl sites for hydroxylation is 1. The maximum absolute atomic E-state index is 6.14. The molecule has 2 rings (SSSR count). The molecule has 1 fully saturated rings. The predicted octanol–water partition coefficient (Wildman–Crippen LogP) is 4.29. The molecule has 0 heterocycles. The summed E-state index contributed by atoms with van der Waals surface area (Å²) in [6.07, 6.45) is 3.38. The van der Waals surface area contributed by atoms with Gasteiger partial charge >= 0.3 is 0 Å². The van der Waals surface area contributed by atoms with E-state index in [-0.39, 0.29) is 6.10 Å². The summed E-state index contributed by atoms with van der Waals surface area (Å²) in [6, 6.07) is 8.72. The van der Waals surface area contributed by atoms with Gasteiger partial charge in [-0.15, -0.1) is 0 Å². The summed E-state index contributed by atoms with van der Waals surface area (Å²) >= 11 is 2.41. The van der Waals surface area contributed by atoms with Crippen LogP contribution in [-0.4, -0.2) is 10.5 Å². The van der Waals surface area contributed by atoms with Crippen molar-refractivity contribution in [3.63, 3.8) is 0 Å². The average Bonchev–Trinajstić information content (AvgIpc) is 3.11. The molecule has 0 amide bonds. The number of hydrogen-bond donors (Lipinski definition) is 0. The van der Waals surface area contributed by atoms with Gasteiger partial charge in [-0.3, -0.25) is 0 Å². The van der Waals surface area contributed by atoms with E-state index in [4.69, 9.17) is 4.74 Å². The van der Waals surface area contributed by atoms with Gasteiger partial charge < -0.3 is 4.74 Å². The first-order valence-electron chi connectivity index (χ1n) is 5.98. The van der Waals surface area contributed by atoms with Crippen molar-refractivity contribution >= 4 is 22.6 Å². The topological polar surface area (TPSA) is 9.23 Å². The molecule has 1 aliphatic carbocycles. The zero-order valence-electron chi connectivity index (χ0n) is 9.95. The molecule has 0 aliphatic heterocycles. The highest BCUT2D eigenvalue weighted by Crippen LogP contribution is 2.36. The molecule has 0 N–H and O–H groups in total. The van der Waals surface area contributed by atoms with E-state index in [0.29, 0.717) is 6.10 Å². The molecule has 1 saturated carbocycles. The Kier molecular flexibility index (Phi) is 4.25. The second-order valence-electron chi connectivity index (χ2n) is 4.73. The van der Waals surface area contributed by atoms with Crippen LogP contribution in [0.15, 0.2) is 24.3 Å². The smallest absolute Gasteiger partial charge is 0.0918 e. The Morgan fingerprint density at radius 3 is 2.44 bits per heavy atom. The van der Waals surface area contributed by atoms with Gasteiger partial charge in [0.1, 0.15) is 0 Å². The second-order valence-corrected chi connectivity index (χ2v) is 5.61. The third-order valence-corrected chi connectivity index (χ3v) is 4.05. The Morgan fingerprint density at radius 1 is 1.31 bits per heavy atom. The minimum atomic E-state index is 0.261. The van der Waals surface area contributed by atoms with Crippen molar-refractivity contribution in [1.82, 2.24) is 0 Å². The van der Waals surface area contributed by atoms with Crippen LogP contribution < -0.4 is 0 Å². The van der Waals surface area contributed by atoms with Gasteiger partial charge in [-0.2, -0.15) is 0 Å². The fourth-order valence-electron chi connectivity index (χ4n) is 1.92.